The third kappa shape index (κ3) is 4.30. The van der Waals surface area contributed by atoms with Crippen LogP contribution in [0.25, 0.3) is 0 Å². The van der Waals surface area contributed by atoms with Crippen molar-refractivity contribution in [1.29, 1.82) is 0 Å². The minimum atomic E-state index is -3.57. The monoisotopic (exact) mass is 500 g/mol. The molecular formula is C23H22F2N6O3S. The van der Waals surface area contributed by atoms with Crippen molar-refractivity contribution in [3.8, 4) is 0 Å². The first kappa shape index (κ1) is 23.1. The molecule has 35 heavy (non-hydrogen) atoms. The molecule has 1 fully saturated rings. The van der Waals surface area contributed by atoms with E-state index in [1.807, 2.05) is 0 Å². The molecule has 2 aliphatic rings. The zero-order chi connectivity index (χ0) is 24.9. The van der Waals surface area contributed by atoms with E-state index < -0.39 is 33.6 Å². The molecule has 3 aromatic rings. The van der Waals surface area contributed by atoms with Crippen molar-refractivity contribution in [3.63, 3.8) is 0 Å². The Hall–Kier alpha value is -3.64. The molecule has 1 aliphatic carbocycles. The largest absolute Gasteiger partial charge is 0.342 e. The Kier molecular flexibility index (Phi) is 5.64. The van der Waals surface area contributed by atoms with Crippen LogP contribution >= 0.6 is 0 Å². The number of likely N-dealkylation sites (N-methyl/N-ethyl adjacent to an activating group) is 2. The van der Waals surface area contributed by atoms with Gasteiger partial charge in [-0.1, -0.05) is 6.07 Å². The van der Waals surface area contributed by atoms with Crippen LogP contribution in [0.3, 0.4) is 0 Å². The Morgan fingerprint density at radius 1 is 1.03 bits per heavy atom. The van der Waals surface area contributed by atoms with E-state index in [1.165, 1.54) is 48.3 Å². The molecule has 1 aromatic heterocycles. The average molecular weight is 501 g/mol. The number of nitrogens with one attached hydrogen (secondary N) is 2. The molecule has 1 unspecified atom stereocenters. The lowest BCUT2D eigenvalue weighted by Crippen LogP contribution is -2.46. The van der Waals surface area contributed by atoms with E-state index >= 15 is 0 Å². The molecule has 1 amide bonds. The van der Waals surface area contributed by atoms with Gasteiger partial charge in [0, 0.05) is 25.8 Å². The van der Waals surface area contributed by atoms with Gasteiger partial charge in [-0.2, -0.15) is 4.98 Å². The van der Waals surface area contributed by atoms with Crippen molar-refractivity contribution in [2.75, 3.05) is 29.2 Å². The number of hydrogen-bond donors (Lipinski definition) is 2. The van der Waals surface area contributed by atoms with Crippen molar-refractivity contribution in [3.05, 3.63) is 65.9 Å². The second kappa shape index (κ2) is 8.54. The molecule has 2 N–H and O–H groups in total. The van der Waals surface area contributed by atoms with Crippen LogP contribution in [0.5, 0.6) is 0 Å². The minimum Gasteiger partial charge on any atom is -0.342 e. The number of fused-ring (bicyclic) bond motifs is 1. The summed E-state index contributed by atoms with van der Waals surface area (Å²) in [6, 6.07) is 8.31. The van der Waals surface area contributed by atoms with Gasteiger partial charge in [0.1, 0.15) is 23.4 Å². The van der Waals surface area contributed by atoms with Crippen LogP contribution in [-0.4, -0.2) is 44.4 Å². The van der Waals surface area contributed by atoms with Crippen LogP contribution in [-0.2, 0) is 14.8 Å². The summed E-state index contributed by atoms with van der Waals surface area (Å²) >= 11 is 0. The van der Waals surface area contributed by atoms with Gasteiger partial charge >= 0.3 is 0 Å². The number of rotatable bonds is 6. The number of aromatic nitrogens is 2. The summed E-state index contributed by atoms with van der Waals surface area (Å²) in [7, 11) is -0.549. The summed E-state index contributed by atoms with van der Waals surface area (Å²) in [4.78, 5) is 24.5. The number of amides is 1. The number of sulfonamides is 1. The predicted octanol–water partition coefficient (Wildman–Crippen LogP) is 3.09. The van der Waals surface area contributed by atoms with Crippen LogP contribution in [0.4, 0.5) is 31.9 Å². The molecule has 2 heterocycles. The zero-order valence-electron chi connectivity index (χ0n) is 18.9. The molecule has 2 aromatic carbocycles. The van der Waals surface area contributed by atoms with E-state index in [1.54, 1.807) is 12.1 Å². The molecule has 1 aliphatic heterocycles. The molecule has 0 radical (unpaired) electrons. The first-order valence-electron chi connectivity index (χ1n) is 10.9. The van der Waals surface area contributed by atoms with E-state index in [4.69, 9.17) is 0 Å². The zero-order valence-corrected chi connectivity index (χ0v) is 19.7. The average Bonchev–Trinajstić information content (AvgIpc) is 3.63. The van der Waals surface area contributed by atoms with Crippen molar-refractivity contribution in [2.45, 2.75) is 29.8 Å². The van der Waals surface area contributed by atoms with E-state index in [2.05, 4.69) is 20.0 Å². The fraction of sp³-hybridized carbons (Fsp3) is 0.261. The Morgan fingerprint density at radius 2 is 1.69 bits per heavy atom. The fourth-order valence-corrected chi connectivity index (χ4v) is 5.24. The van der Waals surface area contributed by atoms with Gasteiger partial charge in [0.2, 0.25) is 16.0 Å². The van der Waals surface area contributed by atoms with E-state index in [-0.39, 0.29) is 22.4 Å². The number of hydrogen-bond acceptors (Lipinski definition) is 7. The topological polar surface area (TPSA) is 108 Å². The SMILES string of the molecule is CN1C(=O)C(c2c(F)cccc2F)N(C)c2nc(Nc3ccc(S(=O)(=O)NC4CC4)cc3)ncc21. The molecule has 0 spiro atoms. The van der Waals surface area contributed by atoms with Crippen molar-refractivity contribution < 1.29 is 22.0 Å². The number of carbonyl (C=O) groups excluding carboxylic acids is 1. The fourth-order valence-electron chi connectivity index (χ4n) is 3.94. The van der Waals surface area contributed by atoms with Gasteiger partial charge in [-0.25, -0.2) is 26.9 Å². The summed E-state index contributed by atoms with van der Waals surface area (Å²) in [5, 5.41) is 2.99. The Labute approximate surface area is 200 Å². The normalized spacial score (nSPS) is 17.9. The first-order valence-corrected chi connectivity index (χ1v) is 12.3. The highest BCUT2D eigenvalue weighted by Gasteiger charge is 2.40. The third-order valence-corrected chi connectivity index (χ3v) is 7.53. The standard InChI is InChI=1S/C23H22F2N6O3S/c1-30-18-12-26-23(27-13-8-10-15(11-9-13)35(33,34)29-14-6-7-14)28-21(18)31(2)20(22(30)32)19-16(24)4-3-5-17(19)25/h3-5,8-12,14,20,29H,6-7H2,1-2H3,(H,26,27,28). The smallest absolute Gasteiger partial charge is 0.254 e. The number of benzene rings is 2. The highest BCUT2D eigenvalue weighted by molar-refractivity contribution is 7.89. The molecular weight excluding hydrogens is 478 g/mol. The van der Waals surface area contributed by atoms with E-state index in [0.717, 1.165) is 25.0 Å². The number of nitrogens with zero attached hydrogens (tertiary/aromatic N) is 4. The predicted molar refractivity (Wildman–Crippen MR) is 126 cm³/mol. The van der Waals surface area contributed by atoms with Crippen LogP contribution in [0.1, 0.15) is 24.4 Å². The van der Waals surface area contributed by atoms with Gasteiger partial charge in [-0.05, 0) is 49.2 Å². The van der Waals surface area contributed by atoms with Gasteiger partial charge in [0.25, 0.3) is 5.91 Å². The quantitative estimate of drug-likeness (QED) is 0.536. The maximum Gasteiger partial charge on any atom is 0.254 e. The lowest BCUT2D eigenvalue weighted by molar-refractivity contribution is -0.120. The summed E-state index contributed by atoms with van der Waals surface area (Å²) in [6.07, 6.45) is 3.12. The Morgan fingerprint density at radius 3 is 2.31 bits per heavy atom. The lowest BCUT2D eigenvalue weighted by atomic mass is 10.0. The summed E-state index contributed by atoms with van der Waals surface area (Å²) < 4.78 is 56.4. The summed E-state index contributed by atoms with van der Waals surface area (Å²) in [6.45, 7) is 0. The van der Waals surface area contributed by atoms with Crippen LogP contribution in [0.2, 0.25) is 0 Å². The Balaban J connectivity index is 1.42. The van der Waals surface area contributed by atoms with Crippen molar-refractivity contribution >= 4 is 39.1 Å². The van der Waals surface area contributed by atoms with E-state index in [9.17, 15) is 22.0 Å². The van der Waals surface area contributed by atoms with Crippen molar-refractivity contribution in [2.24, 2.45) is 0 Å². The van der Waals surface area contributed by atoms with Gasteiger partial charge in [-0.3, -0.25) is 4.79 Å². The summed E-state index contributed by atoms with van der Waals surface area (Å²) in [5.41, 5.74) is 0.556. The molecule has 0 saturated heterocycles. The molecule has 5 rings (SSSR count). The maximum atomic E-state index is 14.5. The summed E-state index contributed by atoms with van der Waals surface area (Å²) in [5.74, 6) is -1.72. The van der Waals surface area contributed by atoms with Crippen molar-refractivity contribution in [1.82, 2.24) is 14.7 Å². The van der Waals surface area contributed by atoms with Gasteiger partial charge in [0.05, 0.1) is 16.7 Å². The van der Waals surface area contributed by atoms with Crippen LogP contribution in [0, 0.1) is 11.6 Å². The molecule has 182 valence electrons. The number of carbonyl (C=O) groups is 1. The molecule has 1 saturated carbocycles. The second-order valence-corrected chi connectivity index (χ2v) is 10.2. The lowest BCUT2D eigenvalue weighted by Gasteiger charge is -2.38. The van der Waals surface area contributed by atoms with Gasteiger partial charge in [-0.15, -0.1) is 0 Å². The minimum absolute atomic E-state index is 0.00496. The van der Waals surface area contributed by atoms with Crippen LogP contribution < -0.4 is 19.8 Å². The van der Waals surface area contributed by atoms with Gasteiger partial charge in [0.15, 0.2) is 5.82 Å². The molecule has 1 atom stereocenters. The molecule has 0 bridgehead atoms. The van der Waals surface area contributed by atoms with Crippen LogP contribution in [0.15, 0.2) is 53.6 Å². The van der Waals surface area contributed by atoms with E-state index in [0.29, 0.717) is 17.2 Å². The number of halogens is 2. The highest BCUT2D eigenvalue weighted by atomic mass is 32.2. The maximum absolute atomic E-state index is 14.5. The number of anilines is 4. The molecule has 12 heteroatoms. The second-order valence-electron chi connectivity index (χ2n) is 8.49. The first-order chi connectivity index (χ1) is 16.7. The highest BCUT2D eigenvalue weighted by Crippen LogP contribution is 2.40. The van der Waals surface area contributed by atoms with Gasteiger partial charge < -0.3 is 15.1 Å². The third-order valence-electron chi connectivity index (χ3n) is 5.99. The molecule has 9 nitrogen and oxygen atoms in total. The Bertz CT molecular complexity index is 1390.